The molecule has 4 aliphatic rings. The number of aliphatic hydroxyl groups excluding tert-OH is 2. The first-order valence-corrected chi connectivity index (χ1v) is 10.8. The highest BCUT2D eigenvalue weighted by molar-refractivity contribution is 5.96. The first-order chi connectivity index (χ1) is 13.5. The second kappa shape index (κ2) is 6.56. The minimum absolute atomic E-state index is 0.0185. The fourth-order valence-corrected chi connectivity index (χ4v) is 7.91. The first-order valence-electron chi connectivity index (χ1n) is 10.8. The lowest BCUT2D eigenvalue weighted by Gasteiger charge is -2.61. The van der Waals surface area contributed by atoms with Crippen molar-refractivity contribution in [3.8, 4) is 0 Å². The van der Waals surface area contributed by atoms with Crippen LogP contribution in [0.15, 0.2) is 11.6 Å². The van der Waals surface area contributed by atoms with E-state index in [-0.39, 0.29) is 48.6 Å². The van der Waals surface area contributed by atoms with Gasteiger partial charge in [-0.25, -0.2) is 0 Å². The summed E-state index contributed by atoms with van der Waals surface area (Å²) in [7, 11) is 0. The molecular weight excluding hydrogens is 372 g/mol. The Labute approximate surface area is 171 Å². The van der Waals surface area contributed by atoms with Crippen LogP contribution < -0.4 is 0 Å². The number of carbonyl (C=O) groups is 3. The molecule has 160 valence electrons. The van der Waals surface area contributed by atoms with Gasteiger partial charge in [0.25, 0.3) is 0 Å². The number of hydrogen-bond donors (Lipinski definition) is 3. The summed E-state index contributed by atoms with van der Waals surface area (Å²) in [4.78, 5) is 37.3. The third kappa shape index (κ3) is 2.55. The number of carbonyl (C=O) groups excluding carboxylic acids is 3. The minimum atomic E-state index is -1.63. The standard InChI is InChI=1S/C23H32O6/c1-12(25)17-9-14(26)8-13-4-5-15-16-6-7-23(29,19(28)11-24)21(16,2)10-18(27)20(15)22(13,17)3/h8,15-18,20,24,27,29H,4-7,9-11H2,1-3H3/t15-,16-,17?,18-,20+,21-,22+,23-/m0/s1. The Balaban J connectivity index is 1.79. The molecule has 0 spiro atoms. The normalized spacial score (nSPS) is 49.0. The molecule has 3 N–H and O–H groups in total. The van der Waals surface area contributed by atoms with Crippen molar-refractivity contribution in [3.63, 3.8) is 0 Å². The zero-order chi connectivity index (χ0) is 21.4. The maximum absolute atomic E-state index is 12.5. The first kappa shape index (κ1) is 20.9. The maximum Gasteiger partial charge on any atom is 0.190 e. The molecule has 6 heteroatoms. The van der Waals surface area contributed by atoms with Crippen LogP contribution in [0.5, 0.6) is 0 Å². The molecule has 4 rings (SSSR count). The molecule has 0 aromatic heterocycles. The van der Waals surface area contributed by atoms with Gasteiger partial charge < -0.3 is 15.3 Å². The monoisotopic (exact) mass is 404 g/mol. The summed E-state index contributed by atoms with van der Waals surface area (Å²) >= 11 is 0. The van der Waals surface area contributed by atoms with Gasteiger partial charge in [-0.3, -0.25) is 14.4 Å². The zero-order valence-corrected chi connectivity index (χ0v) is 17.5. The lowest BCUT2D eigenvalue weighted by molar-refractivity contribution is -0.186. The number of hydrogen-bond acceptors (Lipinski definition) is 6. The van der Waals surface area contributed by atoms with Gasteiger partial charge in [-0.1, -0.05) is 19.4 Å². The van der Waals surface area contributed by atoms with Crippen LogP contribution in [0.4, 0.5) is 0 Å². The van der Waals surface area contributed by atoms with Crippen LogP contribution in [-0.4, -0.2) is 51.0 Å². The van der Waals surface area contributed by atoms with E-state index in [9.17, 15) is 29.7 Å². The van der Waals surface area contributed by atoms with Gasteiger partial charge in [-0.15, -0.1) is 0 Å². The van der Waals surface area contributed by atoms with Crippen LogP contribution in [-0.2, 0) is 14.4 Å². The van der Waals surface area contributed by atoms with E-state index in [4.69, 9.17) is 0 Å². The average Bonchev–Trinajstić information content (AvgIpc) is 2.92. The van der Waals surface area contributed by atoms with Crippen molar-refractivity contribution in [1.29, 1.82) is 0 Å². The Morgan fingerprint density at radius 3 is 2.55 bits per heavy atom. The summed E-state index contributed by atoms with van der Waals surface area (Å²) < 4.78 is 0. The molecule has 0 radical (unpaired) electrons. The van der Waals surface area contributed by atoms with Gasteiger partial charge in [0.2, 0.25) is 0 Å². The molecule has 0 heterocycles. The van der Waals surface area contributed by atoms with Crippen LogP contribution in [0.2, 0.25) is 0 Å². The number of Topliss-reactive ketones (excluding diaryl/α,β-unsaturated/α-hetero) is 2. The summed E-state index contributed by atoms with van der Waals surface area (Å²) in [6.07, 6.45) is 3.74. The molecule has 0 bridgehead atoms. The topological polar surface area (TPSA) is 112 Å². The Morgan fingerprint density at radius 2 is 1.93 bits per heavy atom. The Morgan fingerprint density at radius 1 is 1.24 bits per heavy atom. The Hall–Kier alpha value is -1.37. The lowest BCUT2D eigenvalue weighted by Crippen LogP contribution is -2.63. The molecular formula is C23H32O6. The van der Waals surface area contributed by atoms with E-state index in [1.807, 2.05) is 13.8 Å². The summed E-state index contributed by atoms with van der Waals surface area (Å²) in [5.74, 6) is -1.15. The van der Waals surface area contributed by atoms with E-state index < -0.39 is 40.8 Å². The van der Waals surface area contributed by atoms with E-state index in [1.54, 1.807) is 6.08 Å². The molecule has 0 aromatic carbocycles. The second-order valence-corrected chi connectivity index (χ2v) is 10.3. The predicted molar refractivity (Wildman–Crippen MR) is 105 cm³/mol. The van der Waals surface area contributed by atoms with E-state index >= 15 is 0 Å². The molecule has 1 unspecified atom stereocenters. The molecule has 0 aliphatic heterocycles. The highest BCUT2D eigenvalue weighted by atomic mass is 16.3. The van der Waals surface area contributed by atoms with Crippen LogP contribution in [0.3, 0.4) is 0 Å². The summed E-state index contributed by atoms with van der Waals surface area (Å²) in [5, 5.41) is 32.1. The van der Waals surface area contributed by atoms with Crippen molar-refractivity contribution in [1.82, 2.24) is 0 Å². The number of aliphatic hydroxyl groups is 3. The van der Waals surface area contributed by atoms with Crippen molar-refractivity contribution in [2.75, 3.05) is 6.61 Å². The number of allylic oxidation sites excluding steroid dienone is 1. The molecule has 8 atom stereocenters. The molecule has 3 fully saturated rings. The van der Waals surface area contributed by atoms with Gasteiger partial charge in [0.15, 0.2) is 11.6 Å². The highest BCUT2D eigenvalue weighted by Gasteiger charge is 2.69. The molecule has 6 nitrogen and oxygen atoms in total. The molecule has 29 heavy (non-hydrogen) atoms. The summed E-state index contributed by atoms with van der Waals surface area (Å²) in [6, 6.07) is 0. The highest BCUT2D eigenvalue weighted by Crippen LogP contribution is 2.68. The van der Waals surface area contributed by atoms with Crippen molar-refractivity contribution >= 4 is 17.3 Å². The average molecular weight is 405 g/mol. The molecule has 4 aliphatic carbocycles. The third-order valence-electron chi connectivity index (χ3n) is 9.30. The second-order valence-electron chi connectivity index (χ2n) is 10.3. The van der Waals surface area contributed by atoms with Crippen molar-refractivity contribution < 1.29 is 29.7 Å². The van der Waals surface area contributed by atoms with Crippen molar-refractivity contribution in [2.45, 2.75) is 71.0 Å². The maximum atomic E-state index is 12.5. The fourth-order valence-electron chi connectivity index (χ4n) is 7.91. The van der Waals surface area contributed by atoms with Gasteiger partial charge in [0.05, 0.1) is 6.10 Å². The lowest BCUT2D eigenvalue weighted by atomic mass is 9.43. The molecule has 3 saturated carbocycles. The van der Waals surface area contributed by atoms with Crippen LogP contribution >= 0.6 is 0 Å². The van der Waals surface area contributed by atoms with Crippen molar-refractivity contribution in [2.24, 2.45) is 34.5 Å². The molecule has 0 aromatic rings. The van der Waals surface area contributed by atoms with E-state index in [1.165, 1.54) is 6.92 Å². The van der Waals surface area contributed by atoms with E-state index in [0.29, 0.717) is 12.8 Å². The van der Waals surface area contributed by atoms with Crippen LogP contribution in [0, 0.1) is 34.5 Å². The molecule has 0 saturated heterocycles. The number of fused-ring (bicyclic) bond motifs is 5. The fraction of sp³-hybridized carbons (Fsp3) is 0.783. The van der Waals surface area contributed by atoms with Gasteiger partial charge in [0.1, 0.15) is 18.0 Å². The summed E-state index contributed by atoms with van der Waals surface area (Å²) in [5.41, 5.74) is -2.04. The number of ketones is 3. The Kier molecular flexibility index (Phi) is 4.73. The van der Waals surface area contributed by atoms with E-state index in [0.717, 1.165) is 12.0 Å². The van der Waals surface area contributed by atoms with Gasteiger partial charge in [-0.05, 0) is 62.9 Å². The summed E-state index contributed by atoms with van der Waals surface area (Å²) in [6.45, 7) is 4.73. The SMILES string of the molecule is CC(=O)C1CC(=O)C=C2CC[C@@H]3[C@H]([C@@H](O)C[C@@]4(C)[C@H]3CC[C@]4(O)C(=O)CO)[C@]21C. The van der Waals surface area contributed by atoms with E-state index in [2.05, 4.69) is 0 Å². The number of rotatable bonds is 3. The smallest absolute Gasteiger partial charge is 0.190 e. The predicted octanol–water partition coefficient (Wildman–Crippen LogP) is 1.60. The zero-order valence-electron chi connectivity index (χ0n) is 17.5. The molecule has 0 amide bonds. The van der Waals surface area contributed by atoms with Gasteiger partial charge in [-0.2, -0.15) is 0 Å². The Bertz CT molecular complexity index is 801. The minimum Gasteiger partial charge on any atom is -0.393 e. The largest absolute Gasteiger partial charge is 0.393 e. The quantitative estimate of drug-likeness (QED) is 0.659. The third-order valence-corrected chi connectivity index (χ3v) is 9.30. The van der Waals surface area contributed by atoms with Crippen molar-refractivity contribution in [3.05, 3.63) is 11.6 Å². The van der Waals surface area contributed by atoms with Gasteiger partial charge in [0, 0.05) is 23.2 Å². The van der Waals surface area contributed by atoms with Crippen LogP contribution in [0.25, 0.3) is 0 Å². The van der Waals surface area contributed by atoms with Crippen LogP contribution in [0.1, 0.15) is 59.3 Å². The van der Waals surface area contributed by atoms with Gasteiger partial charge >= 0.3 is 0 Å².